The van der Waals surface area contributed by atoms with Gasteiger partial charge in [0.05, 0.1) is 13.2 Å². The van der Waals surface area contributed by atoms with E-state index in [-0.39, 0.29) is 30.8 Å². The molecule has 0 heterocycles. The van der Waals surface area contributed by atoms with Gasteiger partial charge in [-0.05, 0) is 23.0 Å². The maximum atomic E-state index is 10.1. The van der Waals surface area contributed by atoms with Crippen LogP contribution in [-0.2, 0) is 13.2 Å². The summed E-state index contributed by atoms with van der Waals surface area (Å²) in [4.78, 5) is 0. The molecule has 0 bridgehead atoms. The predicted octanol–water partition coefficient (Wildman–Crippen LogP) is 2.62. The maximum Gasteiger partial charge on any atom is 0.127 e. The van der Waals surface area contributed by atoms with Crippen LogP contribution in [0.4, 0.5) is 0 Å². The fourth-order valence-corrected chi connectivity index (χ4v) is 2.16. The van der Waals surface area contributed by atoms with E-state index < -0.39 is 0 Å². The first-order valence-corrected chi connectivity index (χ1v) is 6.03. The molecule has 0 amide bonds. The Morgan fingerprint density at radius 1 is 0.882 bits per heavy atom. The van der Waals surface area contributed by atoms with E-state index in [0.29, 0.717) is 11.1 Å². The summed E-state index contributed by atoms with van der Waals surface area (Å²) in [7, 11) is 0. The minimum Gasteiger partial charge on any atom is -0.507 e. The third-order valence-electron chi connectivity index (χ3n) is 3.14. The van der Waals surface area contributed by atoms with Crippen LogP contribution >= 0.6 is 0 Å². The molecule has 17 heavy (non-hydrogen) atoms. The lowest BCUT2D eigenvalue weighted by Gasteiger charge is -2.20. The van der Waals surface area contributed by atoms with Crippen LogP contribution in [0.5, 0.6) is 5.75 Å². The molecule has 1 rings (SSSR count). The van der Waals surface area contributed by atoms with Gasteiger partial charge >= 0.3 is 0 Å². The number of rotatable bonds is 4. The van der Waals surface area contributed by atoms with Crippen LogP contribution in [0.1, 0.15) is 61.8 Å². The fraction of sp³-hybridized carbons (Fsp3) is 0.571. The number of aliphatic hydroxyl groups is 2. The van der Waals surface area contributed by atoms with Crippen molar-refractivity contribution in [3.63, 3.8) is 0 Å². The Morgan fingerprint density at radius 2 is 1.24 bits per heavy atom. The van der Waals surface area contributed by atoms with Crippen LogP contribution in [-0.4, -0.2) is 15.3 Å². The second-order valence-corrected chi connectivity index (χ2v) is 4.99. The molecule has 0 unspecified atom stereocenters. The lowest BCUT2D eigenvalue weighted by Crippen LogP contribution is -2.05. The molecule has 0 fully saturated rings. The monoisotopic (exact) mass is 238 g/mol. The SMILES string of the molecule is CC(C)c1cc(C(C)C)c(CO)c(O)c1CO. The Balaban J connectivity index is 3.54. The highest BCUT2D eigenvalue weighted by Gasteiger charge is 2.19. The van der Waals surface area contributed by atoms with Crippen LogP contribution < -0.4 is 0 Å². The van der Waals surface area contributed by atoms with Crippen LogP contribution in [0.15, 0.2) is 6.07 Å². The van der Waals surface area contributed by atoms with Crippen molar-refractivity contribution >= 4 is 0 Å². The van der Waals surface area contributed by atoms with Gasteiger partial charge in [0.15, 0.2) is 0 Å². The Kier molecular flexibility index (Phi) is 4.54. The third-order valence-corrected chi connectivity index (χ3v) is 3.14. The molecule has 0 aliphatic carbocycles. The van der Waals surface area contributed by atoms with Crippen LogP contribution in [0.2, 0.25) is 0 Å². The highest BCUT2D eigenvalue weighted by atomic mass is 16.3. The first-order chi connectivity index (χ1) is 7.93. The molecule has 96 valence electrons. The normalized spacial score (nSPS) is 11.5. The van der Waals surface area contributed by atoms with Crippen molar-refractivity contribution in [3.05, 3.63) is 28.3 Å². The number of benzene rings is 1. The molecule has 3 nitrogen and oxygen atoms in total. The van der Waals surface area contributed by atoms with E-state index in [1.54, 1.807) is 0 Å². The van der Waals surface area contributed by atoms with Crippen LogP contribution in [0.3, 0.4) is 0 Å². The van der Waals surface area contributed by atoms with Gasteiger partial charge in [-0.15, -0.1) is 0 Å². The minimum absolute atomic E-state index is 0.0462. The lowest BCUT2D eigenvalue weighted by atomic mass is 9.87. The Morgan fingerprint density at radius 3 is 1.47 bits per heavy atom. The third kappa shape index (κ3) is 2.61. The predicted molar refractivity (Wildman–Crippen MR) is 68.1 cm³/mol. The zero-order chi connectivity index (χ0) is 13.2. The van der Waals surface area contributed by atoms with Gasteiger partial charge in [-0.3, -0.25) is 0 Å². The van der Waals surface area contributed by atoms with E-state index >= 15 is 0 Å². The molecule has 0 atom stereocenters. The number of hydrogen-bond acceptors (Lipinski definition) is 3. The summed E-state index contributed by atoms with van der Waals surface area (Å²) in [5.41, 5.74) is 2.97. The molecule has 0 radical (unpaired) electrons. The second kappa shape index (κ2) is 5.52. The summed E-state index contributed by atoms with van der Waals surface area (Å²) in [5, 5.41) is 28.8. The number of hydrogen-bond donors (Lipinski definition) is 3. The summed E-state index contributed by atoms with van der Waals surface area (Å²) >= 11 is 0. The molecule has 0 aliphatic heterocycles. The second-order valence-electron chi connectivity index (χ2n) is 4.99. The minimum atomic E-state index is -0.204. The summed E-state index contributed by atoms with van der Waals surface area (Å²) in [6.45, 7) is 7.69. The van der Waals surface area contributed by atoms with E-state index in [1.165, 1.54) is 0 Å². The van der Waals surface area contributed by atoms with Gasteiger partial charge in [-0.2, -0.15) is 0 Å². The van der Waals surface area contributed by atoms with E-state index in [0.717, 1.165) is 11.1 Å². The van der Waals surface area contributed by atoms with Crippen LogP contribution in [0, 0.1) is 0 Å². The highest BCUT2D eigenvalue weighted by molar-refractivity contribution is 5.51. The van der Waals surface area contributed by atoms with Gasteiger partial charge < -0.3 is 15.3 Å². The molecule has 0 saturated carbocycles. The fourth-order valence-electron chi connectivity index (χ4n) is 2.16. The van der Waals surface area contributed by atoms with Crippen molar-refractivity contribution in [2.75, 3.05) is 0 Å². The van der Waals surface area contributed by atoms with Crippen molar-refractivity contribution < 1.29 is 15.3 Å². The van der Waals surface area contributed by atoms with Gasteiger partial charge in [0.25, 0.3) is 0 Å². The number of phenols is 1. The van der Waals surface area contributed by atoms with Gasteiger partial charge in [0.1, 0.15) is 5.75 Å². The van der Waals surface area contributed by atoms with Crippen molar-refractivity contribution in [1.82, 2.24) is 0 Å². The van der Waals surface area contributed by atoms with E-state index in [1.807, 2.05) is 33.8 Å². The zero-order valence-corrected chi connectivity index (χ0v) is 11.0. The lowest BCUT2D eigenvalue weighted by molar-refractivity contribution is 0.261. The maximum absolute atomic E-state index is 10.1. The zero-order valence-electron chi connectivity index (χ0n) is 11.0. The molecular formula is C14H22O3. The van der Waals surface area contributed by atoms with E-state index in [2.05, 4.69) is 0 Å². The Hall–Kier alpha value is -1.06. The topological polar surface area (TPSA) is 60.7 Å². The van der Waals surface area contributed by atoms with Crippen molar-refractivity contribution in [2.45, 2.75) is 52.7 Å². The van der Waals surface area contributed by atoms with Crippen molar-refractivity contribution in [3.8, 4) is 5.75 Å². The van der Waals surface area contributed by atoms with Crippen molar-refractivity contribution in [2.24, 2.45) is 0 Å². The summed E-state index contributed by atoms with van der Waals surface area (Å²) in [6.07, 6.45) is 0. The Bertz CT molecular complexity index is 361. The molecule has 3 heteroatoms. The smallest absolute Gasteiger partial charge is 0.127 e. The quantitative estimate of drug-likeness (QED) is 0.755. The summed E-state index contributed by atoms with van der Waals surface area (Å²) < 4.78 is 0. The molecule has 0 aromatic heterocycles. The van der Waals surface area contributed by atoms with Gasteiger partial charge in [0, 0.05) is 11.1 Å². The molecule has 0 spiro atoms. The highest BCUT2D eigenvalue weighted by Crippen LogP contribution is 2.36. The van der Waals surface area contributed by atoms with E-state index in [9.17, 15) is 15.3 Å². The number of aliphatic hydroxyl groups excluding tert-OH is 2. The molecule has 0 aliphatic rings. The molecule has 3 N–H and O–H groups in total. The largest absolute Gasteiger partial charge is 0.507 e. The number of aromatic hydroxyl groups is 1. The van der Waals surface area contributed by atoms with Gasteiger partial charge in [0.2, 0.25) is 0 Å². The molecule has 0 saturated heterocycles. The molecular weight excluding hydrogens is 216 g/mol. The molecule has 1 aromatic carbocycles. The van der Waals surface area contributed by atoms with E-state index in [4.69, 9.17) is 0 Å². The first-order valence-electron chi connectivity index (χ1n) is 6.03. The average Bonchev–Trinajstić information content (AvgIpc) is 2.27. The first kappa shape index (κ1) is 14.0. The summed E-state index contributed by atoms with van der Waals surface area (Å²) in [5.74, 6) is 0.506. The van der Waals surface area contributed by atoms with Crippen LogP contribution in [0.25, 0.3) is 0 Å². The van der Waals surface area contributed by atoms with Gasteiger partial charge in [-0.1, -0.05) is 33.8 Å². The van der Waals surface area contributed by atoms with Crippen molar-refractivity contribution in [1.29, 1.82) is 0 Å². The average molecular weight is 238 g/mol. The standard InChI is InChI=1S/C14H22O3/c1-8(2)10-5-11(9(3)4)13(7-16)14(17)12(10)6-15/h5,8-9,15-17H,6-7H2,1-4H3. The Labute approximate surface area is 103 Å². The summed E-state index contributed by atoms with van der Waals surface area (Å²) in [6, 6.07) is 1.99. The van der Waals surface area contributed by atoms with Gasteiger partial charge in [-0.25, -0.2) is 0 Å². The molecule has 1 aromatic rings.